The summed E-state index contributed by atoms with van der Waals surface area (Å²) in [5.74, 6) is -0.268. The molecule has 0 aromatic heterocycles. The van der Waals surface area contributed by atoms with Gasteiger partial charge in [0.05, 0.1) is 12.1 Å². The Labute approximate surface area is 159 Å². The lowest BCUT2D eigenvalue weighted by atomic mass is 10.1. The average Bonchev–Trinajstić information content (AvgIpc) is 3.11. The highest BCUT2D eigenvalue weighted by molar-refractivity contribution is 5.89. The zero-order chi connectivity index (χ0) is 19.2. The van der Waals surface area contributed by atoms with Gasteiger partial charge in [0.2, 0.25) is 5.91 Å². The minimum Gasteiger partial charge on any atom is -0.368 e. The quantitative estimate of drug-likeness (QED) is 0.734. The first-order valence-electron chi connectivity index (χ1n) is 9.27. The first-order valence-corrected chi connectivity index (χ1v) is 9.27. The predicted octanol–water partition coefficient (Wildman–Crippen LogP) is 3.02. The third kappa shape index (κ3) is 5.08. The van der Waals surface area contributed by atoms with Crippen LogP contribution in [0.4, 0.5) is 10.5 Å². The number of hydrogen-bond donors (Lipinski definition) is 3. The summed E-state index contributed by atoms with van der Waals surface area (Å²) in [6, 6.07) is 17.0. The molecule has 6 heteroatoms. The molecule has 142 valence electrons. The molecule has 2 aromatic carbocycles. The number of amides is 3. The van der Waals surface area contributed by atoms with Gasteiger partial charge >= 0.3 is 6.03 Å². The third-order valence-electron chi connectivity index (χ3n) is 4.91. The van der Waals surface area contributed by atoms with Crippen molar-refractivity contribution in [1.82, 2.24) is 10.2 Å². The highest BCUT2D eigenvalue weighted by Gasteiger charge is 2.28. The summed E-state index contributed by atoms with van der Waals surface area (Å²) in [6.07, 6.45) is 1.79. The predicted molar refractivity (Wildman–Crippen MR) is 106 cm³/mol. The van der Waals surface area contributed by atoms with E-state index in [2.05, 4.69) is 15.5 Å². The van der Waals surface area contributed by atoms with Crippen LogP contribution in [0.15, 0.2) is 54.6 Å². The lowest BCUT2D eigenvalue weighted by Crippen LogP contribution is -2.39. The van der Waals surface area contributed by atoms with Crippen molar-refractivity contribution in [2.45, 2.75) is 38.4 Å². The standard InChI is InChI=1S/C21H26N4O2/c1-15(17-8-3-2-4-9-17)23-21(27)24-18-10-5-7-16(13-18)14-25-12-6-11-19(25)20(22)26/h2-5,7-10,13,15,19H,6,11-12,14H2,1H3,(H2,22,26)(H2,23,24,27)/t15-,19+/m0/s1. The second-order valence-electron chi connectivity index (χ2n) is 6.96. The molecule has 3 rings (SSSR count). The SMILES string of the molecule is C[C@H](NC(=O)Nc1cccc(CN2CCC[C@@H]2C(N)=O)c1)c1ccccc1. The molecule has 3 amide bonds. The summed E-state index contributed by atoms with van der Waals surface area (Å²) >= 11 is 0. The van der Waals surface area contributed by atoms with E-state index in [1.54, 1.807) is 0 Å². The van der Waals surface area contributed by atoms with Crippen molar-refractivity contribution in [3.05, 3.63) is 65.7 Å². The van der Waals surface area contributed by atoms with Crippen molar-refractivity contribution in [2.75, 3.05) is 11.9 Å². The fourth-order valence-corrected chi connectivity index (χ4v) is 3.51. The zero-order valence-electron chi connectivity index (χ0n) is 15.5. The summed E-state index contributed by atoms with van der Waals surface area (Å²) in [6.45, 7) is 3.45. The molecule has 0 bridgehead atoms. The van der Waals surface area contributed by atoms with Gasteiger partial charge in [-0.15, -0.1) is 0 Å². The maximum absolute atomic E-state index is 12.3. The lowest BCUT2D eigenvalue weighted by Gasteiger charge is -2.22. The Morgan fingerprint density at radius 1 is 1.19 bits per heavy atom. The van der Waals surface area contributed by atoms with Gasteiger partial charge in [-0.2, -0.15) is 0 Å². The number of anilines is 1. The van der Waals surface area contributed by atoms with Gasteiger partial charge in [0.25, 0.3) is 0 Å². The lowest BCUT2D eigenvalue weighted by molar-refractivity contribution is -0.122. The van der Waals surface area contributed by atoms with Crippen LogP contribution < -0.4 is 16.4 Å². The summed E-state index contributed by atoms with van der Waals surface area (Å²) < 4.78 is 0. The number of carbonyl (C=O) groups excluding carboxylic acids is 2. The molecular formula is C21H26N4O2. The fraction of sp³-hybridized carbons (Fsp3) is 0.333. The van der Waals surface area contributed by atoms with E-state index in [4.69, 9.17) is 5.73 Å². The highest BCUT2D eigenvalue weighted by Crippen LogP contribution is 2.21. The van der Waals surface area contributed by atoms with Crippen molar-refractivity contribution in [3.63, 3.8) is 0 Å². The Balaban J connectivity index is 1.58. The topological polar surface area (TPSA) is 87.5 Å². The minimum absolute atomic E-state index is 0.0877. The zero-order valence-corrected chi connectivity index (χ0v) is 15.5. The average molecular weight is 366 g/mol. The van der Waals surface area contributed by atoms with Gasteiger partial charge in [0.15, 0.2) is 0 Å². The summed E-state index contributed by atoms with van der Waals surface area (Å²) in [5, 5.41) is 5.82. The number of urea groups is 1. The van der Waals surface area contributed by atoms with Crippen LogP contribution in [0.25, 0.3) is 0 Å². The third-order valence-corrected chi connectivity index (χ3v) is 4.91. The molecule has 6 nitrogen and oxygen atoms in total. The molecule has 0 saturated carbocycles. The number of hydrogen-bond acceptors (Lipinski definition) is 3. The molecule has 4 N–H and O–H groups in total. The van der Waals surface area contributed by atoms with E-state index >= 15 is 0 Å². The molecule has 2 atom stereocenters. The Hall–Kier alpha value is -2.86. The van der Waals surface area contributed by atoms with Crippen LogP contribution in [0.2, 0.25) is 0 Å². The Morgan fingerprint density at radius 2 is 1.96 bits per heavy atom. The van der Waals surface area contributed by atoms with Crippen molar-refractivity contribution < 1.29 is 9.59 Å². The van der Waals surface area contributed by atoms with Crippen LogP contribution in [0, 0.1) is 0 Å². The normalized spacial score (nSPS) is 18.0. The molecular weight excluding hydrogens is 340 g/mol. The van der Waals surface area contributed by atoms with Crippen LogP contribution in [0.1, 0.15) is 36.9 Å². The van der Waals surface area contributed by atoms with E-state index in [1.807, 2.05) is 61.5 Å². The van der Waals surface area contributed by atoms with E-state index in [0.717, 1.165) is 36.2 Å². The number of nitrogens with zero attached hydrogens (tertiary/aromatic N) is 1. The van der Waals surface area contributed by atoms with Gasteiger partial charge in [-0.1, -0.05) is 42.5 Å². The monoisotopic (exact) mass is 366 g/mol. The molecule has 1 fully saturated rings. The number of carbonyl (C=O) groups is 2. The molecule has 0 radical (unpaired) electrons. The van der Waals surface area contributed by atoms with Crippen molar-refractivity contribution in [3.8, 4) is 0 Å². The number of nitrogens with two attached hydrogens (primary N) is 1. The summed E-state index contributed by atoms with van der Waals surface area (Å²) in [4.78, 5) is 25.9. The highest BCUT2D eigenvalue weighted by atomic mass is 16.2. The molecule has 27 heavy (non-hydrogen) atoms. The van der Waals surface area contributed by atoms with Crippen LogP contribution in [0.5, 0.6) is 0 Å². The maximum Gasteiger partial charge on any atom is 0.319 e. The van der Waals surface area contributed by atoms with Gasteiger partial charge < -0.3 is 16.4 Å². The number of likely N-dealkylation sites (tertiary alicyclic amines) is 1. The second kappa shape index (κ2) is 8.68. The van der Waals surface area contributed by atoms with Gasteiger partial charge in [-0.05, 0) is 49.6 Å². The first-order chi connectivity index (χ1) is 13.0. The van der Waals surface area contributed by atoms with Gasteiger partial charge in [0.1, 0.15) is 0 Å². The van der Waals surface area contributed by atoms with Gasteiger partial charge in [0, 0.05) is 12.2 Å². The summed E-state index contributed by atoms with van der Waals surface area (Å²) in [7, 11) is 0. The van der Waals surface area contributed by atoms with Gasteiger partial charge in [-0.3, -0.25) is 9.69 Å². The molecule has 0 spiro atoms. The largest absolute Gasteiger partial charge is 0.368 e. The van der Waals surface area contributed by atoms with Crippen molar-refractivity contribution in [2.24, 2.45) is 5.73 Å². The molecule has 1 aliphatic heterocycles. The molecule has 1 aliphatic rings. The Bertz CT molecular complexity index is 794. The molecule has 1 heterocycles. The van der Waals surface area contributed by atoms with E-state index in [0.29, 0.717) is 6.54 Å². The molecule has 2 aromatic rings. The number of benzene rings is 2. The minimum atomic E-state index is -0.268. The van der Waals surface area contributed by atoms with Crippen molar-refractivity contribution in [1.29, 1.82) is 0 Å². The van der Waals surface area contributed by atoms with E-state index < -0.39 is 0 Å². The first kappa shape index (κ1) is 18.9. The number of primary amides is 1. The molecule has 0 aliphatic carbocycles. The van der Waals surface area contributed by atoms with Crippen molar-refractivity contribution >= 4 is 17.6 Å². The van der Waals surface area contributed by atoms with E-state index in [1.165, 1.54) is 0 Å². The van der Waals surface area contributed by atoms with Gasteiger partial charge in [-0.25, -0.2) is 4.79 Å². The number of rotatable bonds is 6. The molecule has 0 unspecified atom stereocenters. The second-order valence-corrected chi connectivity index (χ2v) is 6.96. The van der Waals surface area contributed by atoms with Crippen LogP contribution in [0.3, 0.4) is 0 Å². The molecule has 1 saturated heterocycles. The number of nitrogens with one attached hydrogen (secondary N) is 2. The Morgan fingerprint density at radius 3 is 2.70 bits per heavy atom. The van der Waals surface area contributed by atoms with Crippen LogP contribution >= 0.6 is 0 Å². The fourth-order valence-electron chi connectivity index (χ4n) is 3.51. The maximum atomic E-state index is 12.3. The van der Waals surface area contributed by atoms with E-state index in [9.17, 15) is 9.59 Å². The van der Waals surface area contributed by atoms with Crippen LogP contribution in [-0.2, 0) is 11.3 Å². The Kier molecular flexibility index (Phi) is 6.08. The van der Waals surface area contributed by atoms with E-state index in [-0.39, 0.29) is 24.0 Å². The smallest absolute Gasteiger partial charge is 0.319 e. The van der Waals surface area contributed by atoms with Crippen LogP contribution in [-0.4, -0.2) is 29.4 Å². The summed E-state index contributed by atoms with van der Waals surface area (Å²) in [5.41, 5.74) is 8.30.